The number of phenolic OH excluding ortho intramolecular Hbond substituents is 2. The molecule has 1 aromatic rings. The van der Waals surface area contributed by atoms with Crippen molar-refractivity contribution >= 4 is 5.78 Å². The highest BCUT2D eigenvalue weighted by molar-refractivity contribution is 6.01. The minimum absolute atomic E-state index is 0.0791. The van der Waals surface area contributed by atoms with E-state index in [-0.39, 0.29) is 23.9 Å². The van der Waals surface area contributed by atoms with Crippen LogP contribution in [0, 0.1) is 5.92 Å². The summed E-state index contributed by atoms with van der Waals surface area (Å²) >= 11 is 0. The van der Waals surface area contributed by atoms with Crippen molar-refractivity contribution < 1.29 is 30.0 Å². The van der Waals surface area contributed by atoms with Crippen molar-refractivity contribution in [2.75, 3.05) is 6.61 Å². The van der Waals surface area contributed by atoms with Crippen LogP contribution in [-0.2, 0) is 14.9 Å². The van der Waals surface area contributed by atoms with Gasteiger partial charge in [-0.2, -0.15) is 0 Å². The quantitative estimate of drug-likeness (QED) is 0.518. The van der Waals surface area contributed by atoms with Crippen molar-refractivity contribution in [3.05, 3.63) is 47.6 Å². The highest BCUT2D eigenvalue weighted by Gasteiger charge is 2.57. The summed E-state index contributed by atoms with van der Waals surface area (Å²) in [6.07, 6.45) is 3.65. The molecule has 0 saturated carbocycles. The van der Waals surface area contributed by atoms with Crippen LogP contribution < -0.4 is 0 Å². The van der Waals surface area contributed by atoms with Crippen LogP contribution in [-0.4, -0.2) is 45.0 Å². The standard InChI is InChI=1S/C17H16O6/c18-8-1-3-17(4-2-8)10-6-12(20)11(19)5-9(10)15(22)16-14(17)13(21)7-23-16/h1-6,13-16,19-22H,7H2. The Hall–Kier alpha value is -2.15. The first-order valence-corrected chi connectivity index (χ1v) is 7.40. The minimum atomic E-state index is -1.04. The lowest BCUT2D eigenvalue weighted by Gasteiger charge is -2.46. The number of allylic oxidation sites excluding steroid dienone is 4. The third-order valence-corrected chi connectivity index (χ3v) is 5.07. The molecule has 1 aliphatic heterocycles. The maximum atomic E-state index is 11.6. The lowest BCUT2D eigenvalue weighted by molar-refractivity contribution is -0.110. The van der Waals surface area contributed by atoms with Crippen LogP contribution in [0.5, 0.6) is 11.5 Å². The summed E-state index contributed by atoms with van der Waals surface area (Å²) in [5.41, 5.74) is 0.0826. The number of hydrogen-bond acceptors (Lipinski definition) is 6. The number of carbonyl (C=O) groups is 1. The first-order valence-electron chi connectivity index (χ1n) is 7.40. The number of ether oxygens (including phenoxy) is 1. The van der Waals surface area contributed by atoms with E-state index < -0.39 is 29.6 Å². The average Bonchev–Trinajstić information content (AvgIpc) is 2.92. The molecule has 120 valence electrons. The Morgan fingerprint density at radius 2 is 1.74 bits per heavy atom. The van der Waals surface area contributed by atoms with Gasteiger partial charge in [-0.05, 0) is 35.4 Å². The average molecular weight is 316 g/mol. The van der Waals surface area contributed by atoms with Crippen LogP contribution in [0.25, 0.3) is 0 Å². The van der Waals surface area contributed by atoms with Gasteiger partial charge in [-0.1, -0.05) is 12.2 Å². The monoisotopic (exact) mass is 316 g/mol. The van der Waals surface area contributed by atoms with Gasteiger partial charge in [0.05, 0.1) is 18.8 Å². The molecule has 4 rings (SSSR count). The molecule has 6 nitrogen and oxygen atoms in total. The van der Waals surface area contributed by atoms with Gasteiger partial charge in [0, 0.05) is 11.3 Å². The molecule has 0 bridgehead atoms. The van der Waals surface area contributed by atoms with Gasteiger partial charge in [-0.25, -0.2) is 0 Å². The normalized spacial score (nSPS) is 33.7. The van der Waals surface area contributed by atoms with Gasteiger partial charge in [0.2, 0.25) is 0 Å². The van der Waals surface area contributed by atoms with Crippen LogP contribution in [0.2, 0.25) is 0 Å². The lowest BCUT2D eigenvalue weighted by atomic mass is 9.59. The lowest BCUT2D eigenvalue weighted by Crippen LogP contribution is -2.49. The number of fused-ring (bicyclic) bond motifs is 4. The SMILES string of the molecule is O=C1C=CC2(C=C1)c1cc(O)c(O)cc1C(O)C1OCC(O)C12. The van der Waals surface area contributed by atoms with E-state index in [0.29, 0.717) is 11.1 Å². The van der Waals surface area contributed by atoms with Crippen molar-refractivity contribution in [3.63, 3.8) is 0 Å². The van der Waals surface area contributed by atoms with E-state index in [1.165, 1.54) is 24.3 Å². The highest BCUT2D eigenvalue weighted by atomic mass is 16.5. The van der Waals surface area contributed by atoms with Gasteiger partial charge in [-0.3, -0.25) is 4.79 Å². The zero-order chi connectivity index (χ0) is 16.4. The maximum Gasteiger partial charge on any atom is 0.178 e. The van der Waals surface area contributed by atoms with Crippen molar-refractivity contribution in [2.45, 2.75) is 23.7 Å². The van der Waals surface area contributed by atoms with Crippen LogP contribution in [0.4, 0.5) is 0 Å². The number of aliphatic hydroxyl groups excluding tert-OH is 2. The molecule has 1 heterocycles. The third kappa shape index (κ3) is 1.83. The second kappa shape index (κ2) is 4.67. The van der Waals surface area contributed by atoms with E-state index in [1.807, 2.05) is 0 Å². The number of carbonyl (C=O) groups excluding carboxylic acids is 1. The Morgan fingerprint density at radius 1 is 1.09 bits per heavy atom. The van der Waals surface area contributed by atoms with Crippen molar-refractivity contribution in [3.8, 4) is 11.5 Å². The third-order valence-electron chi connectivity index (χ3n) is 5.07. The summed E-state index contributed by atoms with van der Waals surface area (Å²) in [7, 11) is 0. The Kier molecular flexibility index (Phi) is 2.93. The predicted octanol–water partition coefficient (Wildman–Crippen LogP) is 0.454. The Morgan fingerprint density at radius 3 is 2.43 bits per heavy atom. The van der Waals surface area contributed by atoms with Gasteiger partial charge in [-0.15, -0.1) is 0 Å². The summed E-state index contributed by atoms with van der Waals surface area (Å²) in [6.45, 7) is 0.0791. The van der Waals surface area contributed by atoms with Crippen molar-refractivity contribution in [1.29, 1.82) is 0 Å². The molecule has 6 heteroatoms. The molecule has 3 aliphatic rings. The molecule has 1 saturated heterocycles. The summed E-state index contributed by atoms with van der Waals surface area (Å²) in [4.78, 5) is 11.6. The van der Waals surface area contributed by atoms with E-state index in [9.17, 15) is 25.2 Å². The number of aliphatic hydroxyl groups is 2. The van der Waals surface area contributed by atoms with Gasteiger partial charge >= 0.3 is 0 Å². The number of ketones is 1. The number of rotatable bonds is 0. The van der Waals surface area contributed by atoms with Crippen LogP contribution in [0.15, 0.2) is 36.4 Å². The number of phenols is 2. The first kappa shape index (κ1) is 14.4. The Bertz CT molecular complexity index is 734. The zero-order valence-corrected chi connectivity index (χ0v) is 12.1. The molecule has 0 aromatic heterocycles. The van der Waals surface area contributed by atoms with E-state index in [2.05, 4.69) is 0 Å². The molecular formula is C17H16O6. The molecule has 4 unspecified atom stereocenters. The summed E-state index contributed by atoms with van der Waals surface area (Å²) in [5.74, 6) is -1.32. The minimum Gasteiger partial charge on any atom is -0.504 e. The fourth-order valence-electron chi connectivity index (χ4n) is 4.04. The Labute approximate surface area is 132 Å². The second-order valence-electron chi connectivity index (χ2n) is 6.27. The largest absolute Gasteiger partial charge is 0.504 e. The number of aromatic hydroxyl groups is 2. The van der Waals surface area contributed by atoms with E-state index in [1.54, 1.807) is 12.2 Å². The van der Waals surface area contributed by atoms with Gasteiger partial charge in [0.25, 0.3) is 0 Å². The Balaban J connectivity index is 2.01. The topological polar surface area (TPSA) is 107 Å². The smallest absolute Gasteiger partial charge is 0.178 e. The van der Waals surface area contributed by atoms with Crippen LogP contribution in [0.1, 0.15) is 17.2 Å². The molecular weight excluding hydrogens is 300 g/mol. The fourth-order valence-corrected chi connectivity index (χ4v) is 4.04. The van der Waals surface area contributed by atoms with E-state index in [0.717, 1.165) is 0 Å². The van der Waals surface area contributed by atoms with E-state index >= 15 is 0 Å². The number of benzene rings is 1. The molecule has 1 fully saturated rings. The van der Waals surface area contributed by atoms with Crippen molar-refractivity contribution in [1.82, 2.24) is 0 Å². The van der Waals surface area contributed by atoms with Crippen LogP contribution in [0.3, 0.4) is 0 Å². The molecule has 2 aliphatic carbocycles. The molecule has 4 atom stereocenters. The predicted molar refractivity (Wildman–Crippen MR) is 78.9 cm³/mol. The van der Waals surface area contributed by atoms with E-state index in [4.69, 9.17) is 4.74 Å². The number of hydrogen-bond donors (Lipinski definition) is 4. The molecule has 1 aromatic carbocycles. The van der Waals surface area contributed by atoms with Gasteiger partial charge in [0.1, 0.15) is 6.10 Å². The summed E-state index contributed by atoms with van der Waals surface area (Å²) < 4.78 is 5.57. The molecule has 4 N–H and O–H groups in total. The molecule has 1 spiro atoms. The van der Waals surface area contributed by atoms with Gasteiger partial charge in [0.15, 0.2) is 17.3 Å². The van der Waals surface area contributed by atoms with Crippen LogP contribution >= 0.6 is 0 Å². The summed E-state index contributed by atoms with van der Waals surface area (Å²) in [6, 6.07) is 2.68. The zero-order valence-electron chi connectivity index (χ0n) is 12.1. The van der Waals surface area contributed by atoms with Crippen molar-refractivity contribution in [2.24, 2.45) is 5.92 Å². The maximum absolute atomic E-state index is 11.6. The molecule has 0 amide bonds. The van der Waals surface area contributed by atoms with Gasteiger partial charge < -0.3 is 25.2 Å². The summed E-state index contributed by atoms with van der Waals surface area (Å²) in [5, 5.41) is 40.6. The molecule has 0 radical (unpaired) electrons. The highest BCUT2D eigenvalue weighted by Crippen LogP contribution is 2.54. The fraction of sp³-hybridized carbons (Fsp3) is 0.353. The molecule has 23 heavy (non-hydrogen) atoms. The second-order valence-corrected chi connectivity index (χ2v) is 6.27. The first-order chi connectivity index (χ1) is 10.9.